The number of benzene rings is 1. The second kappa shape index (κ2) is 5.29. The largest absolute Gasteiger partial charge is 0.508 e. The number of phenolic OH excluding ortho intramolecular Hbond substituents is 1. The van der Waals surface area contributed by atoms with Gasteiger partial charge in [0.1, 0.15) is 5.75 Å². The predicted molar refractivity (Wildman–Crippen MR) is 72.5 cm³/mol. The van der Waals surface area contributed by atoms with Crippen molar-refractivity contribution in [3.63, 3.8) is 0 Å². The number of hydrogen-bond acceptors (Lipinski definition) is 3. The summed E-state index contributed by atoms with van der Waals surface area (Å²) in [6.45, 7) is 0.881. The van der Waals surface area contributed by atoms with E-state index >= 15 is 0 Å². The predicted octanol–water partition coefficient (Wildman–Crippen LogP) is 2.33. The molecule has 1 fully saturated rings. The maximum Gasteiger partial charge on any atom is 0.115 e. The lowest BCUT2D eigenvalue weighted by Crippen LogP contribution is -2.43. The molecule has 1 aromatic rings. The monoisotopic (exact) mass is 249 g/mol. The van der Waals surface area contributed by atoms with E-state index in [0.29, 0.717) is 0 Å². The molecule has 2 rings (SSSR count). The molecule has 2 N–H and O–H groups in total. The number of aromatic hydroxyl groups is 1. The standard InChI is InChI=1S/C15H23NO2/c1-16(2)11-13-6-3-4-9-15(13,18)12-7-5-8-14(17)10-12/h5,7-8,10,13,17-18H,3-4,6,9,11H2,1-2H3/t13-,15-/m1/s1. The van der Waals surface area contributed by atoms with Crippen molar-refractivity contribution in [3.05, 3.63) is 29.8 Å². The summed E-state index contributed by atoms with van der Waals surface area (Å²) in [5, 5.41) is 20.6. The van der Waals surface area contributed by atoms with Crippen molar-refractivity contribution < 1.29 is 10.2 Å². The van der Waals surface area contributed by atoms with Crippen molar-refractivity contribution in [2.24, 2.45) is 5.92 Å². The number of phenols is 1. The number of aliphatic hydroxyl groups is 1. The van der Waals surface area contributed by atoms with Gasteiger partial charge in [0.05, 0.1) is 5.60 Å². The van der Waals surface area contributed by atoms with Crippen LogP contribution in [0, 0.1) is 5.92 Å². The highest BCUT2D eigenvalue weighted by molar-refractivity contribution is 5.32. The third-order valence-corrected chi connectivity index (χ3v) is 3.97. The van der Waals surface area contributed by atoms with Crippen molar-refractivity contribution in [1.82, 2.24) is 4.90 Å². The van der Waals surface area contributed by atoms with Crippen LogP contribution < -0.4 is 0 Å². The quantitative estimate of drug-likeness (QED) is 0.864. The molecule has 3 nitrogen and oxygen atoms in total. The number of rotatable bonds is 3. The van der Waals surface area contributed by atoms with Crippen LogP contribution in [0.4, 0.5) is 0 Å². The maximum atomic E-state index is 11.0. The summed E-state index contributed by atoms with van der Waals surface area (Å²) in [5.74, 6) is 0.471. The van der Waals surface area contributed by atoms with Gasteiger partial charge >= 0.3 is 0 Å². The average Bonchev–Trinajstić information content (AvgIpc) is 2.32. The van der Waals surface area contributed by atoms with E-state index in [0.717, 1.165) is 31.4 Å². The van der Waals surface area contributed by atoms with Gasteiger partial charge in [0, 0.05) is 12.5 Å². The topological polar surface area (TPSA) is 43.7 Å². The lowest BCUT2D eigenvalue weighted by Gasteiger charge is -2.41. The number of nitrogens with zero attached hydrogens (tertiary/aromatic N) is 1. The van der Waals surface area contributed by atoms with E-state index in [1.165, 1.54) is 6.42 Å². The molecule has 0 saturated heterocycles. The SMILES string of the molecule is CN(C)C[C@H]1CCCC[C@@]1(O)c1cccc(O)c1. The fourth-order valence-corrected chi connectivity index (χ4v) is 3.07. The van der Waals surface area contributed by atoms with Crippen LogP contribution in [0.3, 0.4) is 0 Å². The molecule has 1 aliphatic rings. The average molecular weight is 249 g/mol. The van der Waals surface area contributed by atoms with Crippen LogP contribution in [-0.4, -0.2) is 35.8 Å². The smallest absolute Gasteiger partial charge is 0.115 e. The van der Waals surface area contributed by atoms with Gasteiger partial charge in [-0.15, -0.1) is 0 Å². The van der Waals surface area contributed by atoms with E-state index in [9.17, 15) is 10.2 Å². The second-order valence-corrected chi connectivity index (χ2v) is 5.68. The highest BCUT2D eigenvalue weighted by Crippen LogP contribution is 2.42. The lowest BCUT2D eigenvalue weighted by molar-refractivity contribution is -0.0619. The minimum atomic E-state index is -0.790. The van der Waals surface area contributed by atoms with Crippen LogP contribution >= 0.6 is 0 Å². The summed E-state index contributed by atoms with van der Waals surface area (Å²) in [6.07, 6.45) is 4.06. The van der Waals surface area contributed by atoms with Crippen LogP contribution in [0.2, 0.25) is 0 Å². The van der Waals surface area contributed by atoms with Crippen LogP contribution in [0.5, 0.6) is 5.75 Å². The Balaban J connectivity index is 2.29. The molecule has 3 heteroatoms. The highest BCUT2D eigenvalue weighted by atomic mass is 16.3. The molecule has 0 aromatic heterocycles. The van der Waals surface area contributed by atoms with Crippen molar-refractivity contribution in [1.29, 1.82) is 0 Å². The van der Waals surface area contributed by atoms with Crippen molar-refractivity contribution >= 4 is 0 Å². The third-order valence-electron chi connectivity index (χ3n) is 3.97. The molecular weight excluding hydrogens is 226 g/mol. The van der Waals surface area contributed by atoms with Crippen molar-refractivity contribution in [2.45, 2.75) is 31.3 Å². The van der Waals surface area contributed by atoms with Crippen molar-refractivity contribution in [2.75, 3.05) is 20.6 Å². The van der Waals surface area contributed by atoms with E-state index < -0.39 is 5.60 Å². The molecule has 0 spiro atoms. The van der Waals surface area contributed by atoms with Crippen LogP contribution in [0.15, 0.2) is 24.3 Å². The Hall–Kier alpha value is -1.06. The first kappa shape index (κ1) is 13.4. The molecule has 0 unspecified atom stereocenters. The summed E-state index contributed by atoms with van der Waals surface area (Å²) in [7, 11) is 4.08. The first-order valence-electron chi connectivity index (χ1n) is 6.69. The zero-order valence-corrected chi connectivity index (χ0v) is 11.3. The second-order valence-electron chi connectivity index (χ2n) is 5.68. The molecular formula is C15H23NO2. The highest BCUT2D eigenvalue weighted by Gasteiger charge is 2.40. The van der Waals surface area contributed by atoms with Gasteiger partial charge in [0.15, 0.2) is 0 Å². The summed E-state index contributed by atoms with van der Waals surface area (Å²) >= 11 is 0. The van der Waals surface area contributed by atoms with Gasteiger partial charge in [-0.1, -0.05) is 25.0 Å². The van der Waals surface area contributed by atoms with E-state index in [-0.39, 0.29) is 11.7 Å². The Labute approximate surface area is 109 Å². The lowest BCUT2D eigenvalue weighted by atomic mass is 9.71. The fraction of sp³-hybridized carbons (Fsp3) is 0.600. The van der Waals surface area contributed by atoms with Crippen molar-refractivity contribution in [3.8, 4) is 5.75 Å². The molecule has 0 bridgehead atoms. The van der Waals surface area contributed by atoms with Gasteiger partial charge in [0.25, 0.3) is 0 Å². The minimum absolute atomic E-state index is 0.232. The summed E-state index contributed by atoms with van der Waals surface area (Å²) in [6, 6.07) is 7.09. The normalized spacial score (nSPS) is 28.6. The van der Waals surface area contributed by atoms with Gasteiger partial charge in [-0.2, -0.15) is 0 Å². The number of hydrogen-bond donors (Lipinski definition) is 2. The molecule has 0 heterocycles. The summed E-state index contributed by atoms with van der Waals surface area (Å²) in [4.78, 5) is 2.13. The molecule has 1 aliphatic carbocycles. The van der Waals surface area contributed by atoms with E-state index in [4.69, 9.17) is 0 Å². The van der Waals surface area contributed by atoms with Crippen LogP contribution in [0.25, 0.3) is 0 Å². The van der Waals surface area contributed by atoms with Gasteiger partial charge < -0.3 is 15.1 Å². The zero-order chi connectivity index (χ0) is 13.2. The maximum absolute atomic E-state index is 11.0. The van der Waals surface area contributed by atoms with Crippen LogP contribution in [-0.2, 0) is 5.60 Å². The third kappa shape index (κ3) is 2.68. The first-order valence-corrected chi connectivity index (χ1v) is 6.69. The van der Waals surface area contributed by atoms with Crippen LogP contribution in [0.1, 0.15) is 31.2 Å². The van der Waals surface area contributed by atoms with E-state index in [2.05, 4.69) is 4.90 Å². The first-order chi connectivity index (χ1) is 8.52. The Bertz CT molecular complexity index is 405. The molecule has 0 amide bonds. The zero-order valence-electron chi connectivity index (χ0n) is 11.3. The van der Waals surface area contributed by atoms with E-state index in [1.807, 2.05) is 26.2 Å². The fourth-order valence-electron chi connectivity index (χ4n) is 3.07. The molecule has 100 valence electrons. The van der Waals surface area contributed by atoms with Gasteiger partial charge in [-0.25, -0.2) is 0 Å². The molecule has 18 heavy (non-hydrogen) atoms. The van der Waals surface area contributed by atoms with Gasteiger partial charge in [-0.3, -0.25) is 0 Å². The molecule has 1 saturated carbocycles. The van der Waals surface area contributed by atoms with Gasteiger partial charge in [-0.05, 0) is 44.6 Å². The Morgan fingerprint density at radius 1 is 1.33 bits per heavy atom. The molecule has 2 atom stereocenters. The Morgan fingerprint density at radius 2 is 2.11 bits per heavy atom. The summed E-state index contributed by atoms with van der Waals surface area (Å²) in [5.41, 5.74) is 0.0652. The Morgan fingerprint density at radius 3 is 2.78 bits per heavy atom. The molecule has 1 aromatic carbocycles. The Kier molecular flexibility index (Phi) is 3.93. The summed E-state index contributed by atoms with van der Waals surface area (Å²) < 4.78 is 0. The molecule has 0 aliphatic heterocycles. The van der Waals surface area contributed by atoms with Gasteiger partial charge in [0.2, 0.25) is 0 Å². The molecule has 0 radical (unpaired) electrons. The minimum Gasteiger partial charge on any atom is -0.508 e. The van der Waals surface area contributed by atoms with E-state index in [1.54, 1.807) is 12.1 Å².